The molecule has 0 aromatic rings. The molecule has 0 fully saturated rings. The van der Waals surface area contributed by atoms with Crippen molar-refractivity contribution in [2.75, 3.05) is 6.54 Å². The van der Waals surface area contributed by atoms with Crippen LogP contribution in [0.5, 0.6) is 0 Å². The zero-order valence-corrected chi connectivity index (χ0v) is 8.62. The molecular weight excluding hydrogens is 182 g/mol. The lowest BCUT2D eigenvalue weighted by Crippen LogP contribution is -2.26. The van der Waals surface area contributed by atoms with Gasteiger partial charge in [-0.05, 0) is 25.3 Å². The monoisotopic (exact) mass is 199 g/mol. The topological polar surface area (TPSA) is 66.4 Å². The van der Waals surface area contributed by atoms with E-state index in [1.807, 2.05) is 6.92 Å². The number of aliphatic carboxylic acids is 1. The Morgan fingerprint density at radius 3 is 2.64 bits per heavy atom. The molecule has 0 aliphatic heterocycles. The van der Waals surface area contributed by atoms with Gasteiger partial charge in [-0.1, -0.05) is 13.0 Å². The van der Waals surface area contributed by atoms with Crippen molar-refractivity contribution in [2.45, 2.75) is 26.7 Å². The molecule has 4 heteroatoms. The second kappa shape index (κ2) is 7.12. The zero-order chi connectivity index (χ0) is 11.0. The third kappa shape index (κ3) is 7.34. The number of carbonyl (C=O) groups is 2. The molecule has 0 bridgehead atoms. The van der Waals surface area contributed by atoms with Gasteiger partial charge in [0.1, 0.15) is 0 Å². The summed E-state index contributed by atoms with van der Waals surface area (Å²) in [6.07, 6.45) is 3.85. The molecule has 2 N–H and O–H groups in total. The molecule has 1 unspecified atom stereocenters. The van der Waals surface area contributed by atoms with E-state index < -0.39 is 5.97 Å². The first-order chi connectivity index (χ1) is 6.56. The Morgan fingerprint density at radius 1 is 1.50 bits per heavy atom. The van der Waals surface area contributed by atoms with Crippen molar-refractivity contribution in [3.05, 3.63) is 12.2 Å². The lowest BCUT2D eigenvalue weighted by Gasteiger charge is -2.09. The maximum Gasteiger partial charge on any atom is 0.303 e. The Morgan fingerprint density at radius 2 is 2.14 bits per heavy atom. The summed E-state index contributed by atoms with van der Waals surface area (Å²) in [7, 11) is 0. The highest BCUT2D eigenvalue weighted by atomic mass is 16.4. The predicted octanol–water partition coefficient (Wildman–Crippen LogP) is 1.18. The van der Waals surface area contributed by atoms with Gasteiger partial charge in [-0.15, -0.1) is 0 Å². The average molecular weight is 199 g/mol. The molecule has 0 aliphatic rings. The summed E-state index contributed by atoms with van der Waals surface area (Å²) in [5.41, 5.74) is 0. The van der Waals surface area contributed by atoms with Crippen LogP contribution in [-0.2, 0) is 9.59 Å². The summed E-state index contributed by atoms with van der Waals surface area (Å²) in [6.45, 7) is 4.21. The van der Waals surface area contributed by atoms with Crippen molar-refractivity contribution in [1.29, 1.82) is 0 Å². The molecule has 0 spiro atoms. The predicted molar refractivity (Wildman–Crippen MR) is 53.9 cm³/mol. The van der Waals surface area contributed by atoms with Crippen molar-refractivity contribution in [1.82, 2.24) is 5.32 Å². The van der Waals surface area contributed by atoms with Crippen LogP contribution in [0.15, 0.2) is 12.2 Å². The highest BCUT2D eigenvalue weighted by Gasteiger charge is 2.05. The third-order valence-corrected chi connectivity index (χ3v) is 1.79. The van der Waals surface area contributed by atoms with Crippen LogP contribution < -0.4 is 5.32 Å². The van der Waals surface area contributed by atoms with E-state index >= 15 is 0 Å². The van der Waals surface area contributed by atoms with Crippen LogP contribution in [0.25, 0.3) is 0 Å². The second-order valence-corrected chi connectivity index (χ2v) is 3.28. The smallest absolute Gasteiger partial charge is 0.303 e. The number of allylic oxidation sites excluding steroid dienone is 1. The molecule has 0 aromatic carbocycles. The molecule has 0 heterocycles. The van der Waals surface area contributed by atoms with Crippen molar-refractivity contribution in [2.24, 2.45) is 5.92 Å². The quantitative estimate of drug-likeness (QED) is 0.631. The maximum atomic E-state index is 11.0. The summed E-state index contributed by atoms with van der Waals surface area (Å²) in [4.78, 5) is 21.2. The van der Waals surface area contributed by atoms with Crippen molar-refractivity contribution >= 4 is 11.9 Å². The normalized spacial score (nSPS) is 12.7. The van der Waals surface area contributed by atoms with Crippen LogP contribution in [0, 0.1) is 5.92 Å². The molecule has 0 radical (unpaired) electrons. The van der Waals surface area contributed by atoms with Crippen molar-refractivity contribution in [3.63, 3.8) is 0 Å². The fourth-order valence-corrected chi connectivity index (χ4v) is 0.957. The zero-order valence-electron chi connectivity index (χ0n) is 8.62. The fourth-order valence-electron chi connectivity index (χ4n) is 0.957. The first kappa shape index (κ1) is 12.7. The molecule has 1 amide bonds. The molecule has 1 atom stereocenters. The first-order valence-corrected chi connectivity index (χ1v) is 4.68. The van der Waals surface area contributed by atoms with Gasteiger partial charge in [0, 0.05) is 13.0 Å². The van der Waals surface area contributed by atoms with Crippen LogP contribution in [0.1, 0.15) is 26.7 Å². The molecule has 80 valence electrons. The van der Waals surface area contributed by atoms with E-state index in [2.05, 4.69) is 5.32 Å². The average Bonchev–Trinajstić information content (AvgIpc) is 2.12. The number of hydrogen-bond donors (Lipinski definition) is 2. The summed E-state index contributed by atoms with van der Waals surface area (Å²) in [6, 6.07) is 0. The van der Waals surface area contributed by atoms with Gasteiger partial charge in [-0.3, -0.25) is 9.59 Å². The van der Waals surface area contributed by atoms with Crippen molar-refractivity contribution in [3.8, 4) is 0 Å². The molecule has 4 nitrogen and oxygen atoms in total. The standard InChI is InChI=1S/C10H17NO3/c1-3-4-9(12)11-7-8(2)5-6-10(13)14/h3-4,8H,5-7H2,1-2H3,(H,11,12)(H,13,14)/b4-3+. The number of hydrogen-bond acceptors (Lipinski definition) is 2. The number of carboxylic acids is 1. The summed E-state index contributed by atoms with van der Waals surface area (Å²) >= 11 is 0. The van der Waals surface area contributed by atoms with Crippen LogP contribution in [0.3, 0.4) is 0 Å². The minimum absolute atomic E-state index is 0.130. The molecule has 0 saturated heterocycles. The third-order valence-electron chi connectivity index (χ3n) is 1.79. The lowest BCUT2D eigenvalue weighted by molar-refractivity contribution is -0.137. The minimum atomic E-state index is -0.795. The SMILES string of the molecule is C/C=C/C(=O)NCC(C)CCC(=O)O. The molecule has 0 rings (SSSR count). The van der Waals surface area contributed by atoms with Gasteiger partial charge in [0.2, 0.25) is 5.91 Å². The first-order valence-electron chi connectivity index (χ1n) is 4.68. The molecule has 0 aromatic heterocycles. The van der Waals surface area contributed by atoms with Crippen molar-refractivity contribution < 1.29 is 14.7 Å². The van der Waals surface area contributed by atoms with Gasteiger partial charge in [0.15, 0.2) is 0 Å². The number of amides is 1. The van der Waals surface area contributed by atoms with Gasteiger partial charge in [-0.2, -0.15) is 0 Å². The van der Waals surface area contributed by atoms with Gasteiger partial charge in [-0.25, -0.2) is 0 Å². The second-order valence-electron chi connectivity index (χ2n) is 3.28. The number of nitrogens with one attached hydrogen (secondary N) is 1. The van der Waals surface area contributed by atoms with Crippen LogP contribution in [0.4, 0.5) is 0 Å². The minimum Gasteiger partial charge on any atom is -0.481 e. The summed E-state index contributed by atoms with van der Waals surface area (Å²) in [5, 5.41) is 11.1. The number of carbonyl (C=O) groups excluding carboxylic acids is 1. The summed E-state index contributed by atoms with van der Waals surface area (Å²) in [5.74, 6) is -0.730. The van der Waals surface area contributed by atoms with Gasteiger partial charge in [0.05, 0.1) is 0 Å². The van der Waals surface area contributed by atoms with E-state index in [9.17, 15) is 9.59 Å². The highest BCUT2D eigenvalue weighted by molar-refractivity contribution is 5.87. The largest absolute Gasteiger partial charge is 0.481 e. The number of carboxylic acid groups (broad SMARTS) is 1. The van der Waals surface area contributed by atoms with Crippen LogP contribution >= 0.6 is 0 Å². The Labute approximate surface area is 84.0 Å². The molecular formula is C10H17NO3. The van der Waals surface area contributed by atoms with Crippen LogP contribution in [-0.4, -0.2) is 23.5 Å². The lowest BCUT2D eigenvalue weighted by atomic mass is 10.1. The van der Waals surface area contributed by atoms with Crippen LogP contribution in [0.2, 0.25) is 0 Å². The Bertz CT molecular complexity index is 223. The molecule has 0 aliphatic carbocycles. The van der Waals surface area contributed by atoms with E-state index in [0.29, 0.717) is 13.0 Å². The van der Waals surface area contributed by atoms with E-state index in [-0.39, 0.29) is 18.2 Å². The van der Waals surface area contributed by atoms with Gasteiger partial charge in [0.25, 0.3) is 0 Å². The Kier molecular flexibility index (Phi) is 6.45. The van der Waals surface area contributed by atoms with E-state index in [1.165, 1.54) is 6.08 Å². The van der Waals surface area contributed by atoms with Gasteiger partial charge >= 0.3 is 5.97 Å². The summed E-state index contributed by atoms with van der Waals surface area (Å²) < 4.78 is 0. The van der Waals surface area contributed by atoms with E-state index in [4.69, 9.17) is 5.11 Å². The number of rotatable bonds is 6. The Hall–Kier alpha value is -1.32. The Balaban J connectivity index is 3.58. The molecule has 0 saturated carbocycles. The highest BCUT2D eigenvalue weighted by Crippen LogP contribution is 2.03. The maximum absolute atomic E-state index is 11.0. The van der Waals surface area contributed by atoms with E-state index in [1.54, 1.807) is 13.0 Å². The molecule has 14 heavy (non-hydrogen) atoms. The van der Waals surface area contributed by atoms with E-state index in [0.717, 1.165) is 0 Å². The van der Waals surface area contributed by atoms with Gasteiger partial charge < -0.3 is 10.4 Å². The fraction of sp³-hybridized carbons (Fsp3) is 0.600.